The summed E-state index contributed by atoms with van der Waals surface area (Å²) < 4.78 is 35.3. The molecule has 4 atom stereocenters. The van der Waals surface area contributed by atoms with E-state index in [1.54, 1.807) is 6.92 Å². The lowest BCUT2D eigenvalue weighted by atomic mass is 9.84. The van der Waals surface area contributed by atoms with Crippen molar-refractivity contribution in [3.8, 4) is 6.07 Å². The number of nitrogens with one attached hydrogen (secondary N) is 1. The van der Waals surface area contributed by atoms with Crippen LogP contribution < -0.4 is 5.32 Å². The molecule has 0 bridgehead atoms. The molecule has 1 amide bonds. The zero-order valence-electron chi connectivity index (χ0n) is 19.3. The van der Waals surface area contributed by atoms with E-state index in [0.717, 1.165) is 0 Å². The molecule has 2 aromatic rings. The van der Waals surface area contributed by atoms with Crippen LogP contribution in [0.15, 0.2) is 46.5 Å². The summed E-state index contributed by atoms with van der Waals surface area (Å²) in [5, 5.41) is 20.7. The number of amides is 1. The zero-order chi connectivity index (χ0) is 25.7. The van der Waals surface area contributed by atoms with Gasteiger partial charge in [0.1, 0.15) is 29.1 Å². The second-order valence-corrected chi connectivity index (χ2v) is 10.4. The number of aromatic nitrogens is 1. The Bertz CT molecular complexity index is 1390. The van der Waals surface area contributed by atoms with E-state index in [0.29, 0.717) is 30.1 Å². The summed E-state index contributed by atoms with van der Waals surface area (Å²) in [6.07, 6.45) is 1.78. The summed E-state index contributed by atoms with van der Waals surface area (Å²) in [6.45, 7) is 4.09. The minimum absolute atomic E-state index is 0.0266. The fraction of sp³-hybridized carbons (Fsp3) is 0.320. The molecule has 0 saturated heterocycles. The van der Waals surface area contributed by atoms with E-state index in [-0.39, 0.29) is 28.4 Å². The number of hydrogen-bond acceptors (Lipinski definition) is 7. The van der Waals surface area contributed by atoms with Crippen LogP contribution in [-0.2, 0) is 10.3 Å². The number of carboxylic acid groups (broad SMARTS) is 1. The van der Waals surface area contributed by atoms with Crippen LogP contribution in [0.25, 0.3) is 11.9 Å². The topological polar surface area (TPSA) is 120 Å². The third-order valence-corrected chi connectivity index (χ3v) is 7.92. The summed E-state index contributed by atoms with van der Waals surface area (Å²) in [4.78, 5) is 24.6. The summed E-state index contributed by atoms with van der Waals surface area (Å²) in [5.74, 6) is -0.885. The number of amidine groups is 1. The van der Waals surface area contributed by atoms with Crippen molar-refractivity contribution < 1.29 is 23.4 Å². The highest BCUT2D eigenvalue weighted by Gasteiger charge is 2.71. The van der Waals surface area contributed by atoms with E-state index in [1.807, 2.05) is 13.0 Å². The van der Waals surface area contributed by atoms with Gasteiger partial charge in [-0.3, -0.25) is 15.3 Å². The molecule has 3 heterocycles. The Kier molecular flexibility index (Phi) is 5.79. The van der Waals surface area contributed by atoms with E-state index in [2.05, 4.69) is 20.3 Å². The summed E-state index contributed by atoms with van der Waals surface area (Å²) >= 11 is 1.23. The lowest BCUT2D eigenvalue weighted by Crippen LogP contribution is -2.42. The van der Waals surface area contributed by atoms with E-state index in [4.69, 9.17) is 10.00 Å². The quantitative estimate of drug-likeness (QED) is 0.615. The first-order chi connectivity index (χ1) is 17.1. The van der Waals surface area contributed by atoms with Crippen LogP contribution in [0.2, 0.25) is 0 Å². The first-order valence-corrected chi connectivity index (χ1v) is 12.0. The molecule has 2 aliphatic heterocycles. The van der Waals surface area contributed by atoms with Gasteiger partial charge in [-0.15, -0.1) is 0 Å². The second kappa shape index (κ2) is 8.71. The second-order valence-electron chi connectivity index (χ2n) is 9.11. The van der Waals surface area contributed by atoms with Crippen molar-refractivity contribution in [3.05, 3.63) is 64.7 Å². The number of aliphatic imine (C=N–C) groups is 2. The Hall–Kier alpha value is -3.78. The molecule has 0 spiro atoms. The zero-order valence-corrected chi connectivity index (χ0v) is 20.1. The van der Waals surface area contributed by atoms with Gasteiger partial charge in [-0.05, 0) is 56.2 Å². The Morgan fingerprint density at radius 3 is 2.83 bits per heavy atom. The number of rotatable bonds is 4. The van der Waals surface area contributed by atoms with Crippen molar-refractivity contribution in [3.63, 3.8) is 0 Å². The minimum atomic E-state index is -1.28. The van der Waals surface area contributed by atoms with Crippen molar-refractivity contribution in [2.24, 2.45) is 15.9 Å². The molecule has 1 aromatic carbocycles. The van der Waals surface area contributed by atoms with E-state index in [9.17, 15) is 14.3 Å². The highest BCUT2D eigenvalue weighted by molar-refractivity contribution is 8.16. The first kappa shape index (κ1) is 23.9. The molecule has 11 heteroatoms. The molecule has 184 valence electrons. The predicted molar refractivity (Wildman–Crippen MR) is 132 cm³/mol. The molecular weight excluding hydrogens is 488 g/mol. The van der Waals surface area contributed by atoms with Gasteiger partial charge in [0.15, 0.2) is 5.17 Å². The molecule has 0 radical (unpaired) electrons. The lowest BCUT2D eigenvalue weighted by molar-refractivity contribution is 0.200. The Morgan fingerprint density at radius 1 is 1.39 bits per heavy atom. The number of pyridine rings is 1. The van der Waals surface area contributed by atoms with E-state index >= 15 is 4.39 Å². The molecule has 3 aliphatic rings. The summed E-state index contributed by atoms with van der Waals surface area (Å²) in [6, 6.07) is 8.94. The summed E-state index contributed by atoms with van der Waals surface area (Å²) in [7, 11) is 0. The smallest absolute Gasteiger partial charge is 0.410 e. The van der Waals surface area contributed by atoms with Crippen molar-refractivity contribution in [2.75, 3.05) is 6.61 Å². The van der Waals surface area contributed by atoms with Gasteiger partial charge < -0.3 is 9.84 Å². The van der Waals surface area contributed by atoms with Crippen molar-refractivity contribution in [2.45, 2.75) is 36.6 Å². The largest absolute Gasteiger partial charge is 0.478 e. The molecule has 2 N–H and O–H groups in total. The minimum Gasteiger partial charge on any atom is -0.478 e. The lowest BCUT2D eigenvalue weighted by Gasteiger charge is -2.34. The molecule has 1 unspecified atom stereocenters. The number of thioether (sulfide) groups is 1. The van der Waals surface area contributed by atoms with Crippen LogP contribution >= 0.6 is 11.8 Å². The summed E-state index contributed by atoms with van der Waals surface area (Å²) in [5.41, 5.74) is -0.219. The predicted octanol–water partition coefficient (Wildman–Crippen LogP) is 4.72. The number of nitrogens with zero attached hydrogens (tertiary/aromatic N) is 4. The molecule has 1 aromatic heterocycles. The molecule has 1 fully saturated rings. The first-order valence-electron chi connectivity index (χ1n) is 11.2. The van der Waals surface area contributed by atoms with Crippen LogP contribution in [0, 0.1) is 23.1 Å². The van der Waals surface area contributed by atoms with Crippen LogP contribution in [0.1, 0.15) is 42.7 Å². The van der Waals surface area contributed by atoms with Crippen molar-refractivity contribution in [1.29, 1.82) is 5.26 Å². The maximum atomic E-state index is 15.3. The van der Waals surface area contributed by atoms with Crippen LogP contribution in [0.5, 0.6) is 0 Å². The highest BCUT2D eigenvalue weighted by Crippen LogP contribution is 2.67. The van der Waals surface area contributed by atoms with Crippen LogP contribution in [0.4, 0.5) is 13.6 Å². The van der Waals surface area contributed by atoms with Gasteiger partial charge in [-0.25, -0.2) is 18.6 Å². The average Bonchev–Trinajstić information content (AvgIpc) is 3.44. The van der Waals surface area contributed by atoms with Crippen LogP contribution in [-0.4, -0.2) is 44.6 Å². The number of fused-ring (bicyclic) bond motifs is 1. The van der Waals surface area contributed by atoms with Gasteiger partial charge in [0.25, 0.3) is 0 Å². The van der Waals surface area contributed by atoms with Crippen LogP contribution in [0.3, 0.4) is 0 Å². The van der Waals surface area contributed by atoms with Crippen molar-refractivity contribution in [1.82, 2.24) is 10.3 Å². The molecular formula is C25H21F2N5O3S. The van der Waals surface area contributed by atoms with Crippen molar-refractivity contribution >= 4 is 40.8 Å². The van der Waals surface area contributed by atoms with Gasteiger partial charge in [0.05, 0.1) is 22.8 Å². The Morgan fingerprint density at radius 2 is 2.19 bits per heavy atom. The molecule has 1 aliphatic carbocycles. The van der Waals surface area contributed by atoms with Gasteiger partial charge in [-0.1, -0.05) is 17.8 Å². The van der Waals surface area contributed by atoms with Gasteiger partial charge in [-0.2, -0.15) is 5.26 Å². The fourth-order valence-corrected chi connectivity index (χ4v) is 6.25. The number of ether oxygens (including phenoxy) is 1. The third kappa shape index (κ3) is 4.11. The number of halogens is 2. The number of nitriles is 1. The van der Waals surface area contributed by atoms with Gasteiger partial charge >= 0.3 is 6.09 Å². The number of carbonyl (C=O) groups is 1. The molecule has 8 nitrogen and oxygen atoms in total. The van der Waals surface area contributed by atoms with Gasteiger partial charge in [0.2, 0.25) is 5.90 Å². The number of hydrogen-bond donors (Lipinski definition) is 2. The van der Waals surface area contributed by atoms with E-state index < -0.39 is 28.0 Å². The maximum absolute atomic E-state index is 15.3. The third-order valence-electron chi connectivity index (χ3n) is 6.54. The number of benzene rings is 1. The molecule has 1 saturated carbocycles. The maximum Gasteiger partial charge on any atom is 0.410 e. The SMILES string of the molecule is CC1COC([C@]23C[C@H]2[C@@](C)(c2cc(/C=C(\F)c4ccc(C#N)cn4)ccc2F)N=C(NC(=O)O)S3)=N1. The monoisotopic (exact) mass is 509 g/mol. The fourth-order valence-electron chi connectivity index (χ4n) is 4.71. The highest BCUT2D eigenvalue weighted by atomic mass is 32.2. The molecule has 36 heavy (non-hydrogen) atoms. The Labute approximate surface area is 209 Å². The molecule has 5 rings (SSSR count). The van der Waals surface area contributed by atoms with E-state index in [1.165, 1.54) is 54.4 Å². The normalized spacial score (nSPS) is 28.8. The standard InChI is InChI=1S/C25H21F2N5O3S/c1-13-12-35-21(30-13)25-9-20(25)24(2,32-22(36-25)31-23(33)34)16-7-14(3-5-17(16)26)8-18(27)19-6-4-15(10-28)11-29-19/h3-8,11,13,20H,9,12H2,1-2H3,(H,31,32)(H,33,34)/b18-8-/t13?,20-,24+,25-/m0/s1. The Balaban J connectivity index is 1.54. The average molecular weight is 510 g/mol. The van der Waals surface area contributed by atoms with Gasteiger partial charge in [0, 0.05) is 17.7 Å².